The van der Waals surface area contributed by atoms with E-state index in [0.29, 0.717) is 12.3 Å². The van der Waals surface area contributed by atoms with Gasteiger partial charge in [-0.1, -0.05) is 5.16 Å². The van der Waals surface area contributed by atoms with Crippen LogP contribution in [0.2, 0.25) is 0 Å². The van der Waals surface area contributed by atoms with Crippen LogP contribution in [0.1, 0.15) is 35.7 Å². The molecule has 5 heteroatoms. The van der Waals surface area contributed by atoms with E-state index in [0.717, 1.165) is 24.2 Å². The number of nitrogens with zero attached hydrogens (tertiary/aromatic N) is 1. The van der Waals surface area contributed by atoms with Crippen LogP contribution in [0.3, 0.4) is 0 Å². The topological polar surface area (TPSA) is 67.2 Å². The second-order valence-corrected chi connectivity index (χ2v) is 3.99. The smallest absolute Gasteiger partial charge is 0.290 e. The largest absolute Gasteiger partial charge is 0.350 e. The first-order valence-electron chi connectivity index (χ1n) is 5.17. The summed E-state index contributed by atoms with van der Waals surface area (Å²) >= 11 is 0. The number of carbonyl (C=O) groups excluding carboxylic acids is 1. The van der Waals surface area contributed by atoms with Gasteiger partial charge in [-0.05, 0) is 13.8 Å². The molecule has 0 radical (unpaired) electrons. The predicted molar refractivity (Wildman–Crippen MR) is 54.5 cm³/mol. The molecule has 2 N–H and O–H groups in total. The fraction of sp³-hybridized carbons (Fsp3) is 0.600. The zero-order valence-electron chi connectivity index (χ0n) is 8.96. The number of fused-ring (bicyclic) bond motifs is 1. The lowest BCUT2D eigenvalue weighted by Gasteiger charge is -2.11. The molecule has 82 valence electrons. The monoisotopic (exact) mass is 209 g/mol. The number of aromatic nitrogens is 1. The predicted octanol–water partition coefficient (Wildman–Crippen LogP) is 0.458. The number of carbonyl (C=O) groups is 1. The molecule has 0 unspecified atom stereocenters. The molecule has 0 atom stereocenters. The molecule has 0 aromatic carbocycles. The molecule has 1 aliphatic heterocycles. The molecule has 0 saturated carbocycles. The first kappa shape index (κ1) is 10.2. The summed E-state index contributed by atoms with van der Waals surface area (Å²) in [7, 11) is 0. The molecule has 0 saturated heterocycles. The van der Waals surface area contributed by atoms with Gasteiger partial charge in [0.25, 0.3) is 5.91 Å². The molecule has 0 bridgehead atoms. The van der Waals surface area contributed by atoms with Crippen molar-refractivity contribution in [3.05, 3.63) is 17.0 Å². The van der Waals surface area contributed by atoms with Crippen molar-refractivity contribution in [3.8, 4) is 0 Å². The first-order valence-corrected chi connectivity index (χ1v) is 5.17. The Labute approximate surface area is 88.2 Å². The summed E-state index contributed by atoms with van der Waals surface area (Å²) in [4.78, 5) is 11.7. The molecule has 2 rings (SSSR count). The summed E-state index contributed by atoms with van der Waals surface area (Å²) in [5.41, 5.74) is 1.81. The minimum Gasteiger partial charge on any atom is -0.350 e. The molecule has 15 heavy (non-hydrogen) atoms. The summed E-state index contributed by atoms with van der Waals surface area (Å²) in [6.07, 6.45) is 0.827. The number of hydrogen-bond acceptors (Lipinski definition) is 4. The molecule has 1 aliphatic rings. The zero-order valence-corrected chi connectivity index (χ0v) is 8.96. The Morgan fingerprint density at radius 2 is 2.40 bits per heavy atom. The summed E-state index contributed by atoms with van der Waals surface area (Å²) in [6.45, 7) is 5.39. The lowest BCUT2D eigenvalue weighted by atomic mass is 10.1. The molecule has 5 nitrogen and oxygen atoms in total. The van der Waals surface area contributed by atoms with Gasteiger partial charge in [0.15, 0.2) is 0 Å². The third-order valence-corrected chi connectivity index (χ3v) is 2.34. The Morgan fingerprint density at radius 1 is 1.60 bits per heavy atom. The van der Waals surface area contributed by atoms with Crippen LogP contribution >= 0.6 is 0 Å². The van der Waals surface area contributed by atoms with Crippen molar-refractivity contribution in [2.45, 2.75) is 32.9 Å². The highest BCUT2D eigenvalue weighted by Gasteiger charge is 2.24. The maximum atomic E-state index is 11.7. The second kappa shape index (κ2) is 4.02. The highest BCUT2D eigenvalue weighted by molar-refractivity contribution is 5.93. The average molecular weight is 209 g/mol. The number of hydrogen-bond donors (Lipinski definition) is 2. The van der Waals surface area contributed by atoms with Crippen molar-refractivity contribution in [1.82, 2.24) is 15.8 Å². The third kappa shape index (κ3) is 2.02. The minimum absolute atomic E-state index is 0.106. The number of nitrogens with one attached hydrogen (secondary N) is 2. The lowest BCUT2D eigenvalue weighted by molar-refractivity contribution is 0.0904. The van der Waals surface area contributed by atoms with E-state index in [1.54, 1.807) is 0 Å². The maximum Gasteiger partial charge on any atom is 0.290 e. The van der Waals surface area contributed by atoms with Crippen molar-refractivity contribution < 1.29 is 9.32 Å². The van der Waals surface area contributed by atoms with Gasteiger partial charge in [-0.15, -0.1) is 0 Å². The normalized spacial score (nSPS) is 15.1. The van der Waals surface area contributed by atoms with Gasteiger partial charge in [-0.25, -0.2) is 0 Å². The molecule has 0 aliphatic carbocycles. The van der Waals surface area contributed by atoms with Crippen LogP contribution in [0.15, 0.2) is 4.52 Å². The summed E-state index contributed by atoms with van der Waals surface area (Å²) in [5, 5.41) is 9.90. The number of rotatable bonds is 2. The summed E-state index contributed by atoms with van der Waals surface area (Å²) in [5.74, 6) is 0.174. The molecular weight excluding hydrogens is 194 g/mol. The van der Waals surface area contributed by atoms with Gasteiger partial charge in [0.1, 0.15) is 0 Å². The van der Waals surface area contributed by atoms with Gasteiger partial charge in [0.05, 0.1) is 5.69 Å². The van der Waals surface area contributed by atoms with Gasteiger partial charge in [0, 0.05) is 31.1 Å². The summed E-state index contributed by atoms with van der Waals surface area (Å²) in [6, 6.07) is 0.106. The molecule has 1 amide bonds. The van der Waals surface area contributed by atoms with Gasteiger partial charge in [-0.3, -0.25) is 4.79 Å². The van der Waals surface area contributed by atoms with Crippen molar-refractivity contribution in [1.29, 1.82) is 0 Å². The molecule has 0 spiro atoms. The standard InChI is InChI=1S/C10H15N3O2/c1-6(2)12-10(14)9-7-5-11-4-3-8(7)13-15-9/h6,11H,3-5H2,1-2H3,(H,12,14). The molecule has 1 aromatic heterocycles. The van der Waals surface area contributed by atoms with Crippen molar-refractivity contribution in [2.24, 2.45) is 0 Å². The van der Waals surface area contributed by atoms with Crippen LogP contribution in [0.5, 0.6) is 0 Å². The fourth-order valence-electron chi connectivity index (χ4n) is 1.65. The maximum absolute atomic E-state index is 11.7. The van der Waals surface area contributed by atoms with Crippen LogP contribution in [0.25, 0.3) is 0 Å². The summed E-state index contributed by atoms with van der Waals surface area (Å²) < 4.78 is 5.08. The Balaban J connectivity index is 2.21. The lowest BCUT2D eigenvalue weighted by Crippen LogP contribution is -2.32. The van der Waals surface area contributed by atoms with E-state index in [4.69, 9.17) is 4.52 Å². The van der Waals surface area contributed by atoms with Crippen LogP contribution in [0.4, 0.5) is 0 Å². The highest BCUT2D eigenvalue weighted by Crippen LogP contribution is 2.17. The second-order valence-electron chi connectivity index (χ2n) is 3.99. The van der Waals surface area contributed by atoms with Gasteiger partial charge >= 0.3 is 0 Å². The minimum atomic E-state index is -0.178. The van der Waals surface area contributed by atoms with Gasteiger partial charge in [0.2, 0.25) is 5.76 Å². The molecule has 2 heterocycles. The van der Waals surface area contributed by atoms with E-state index in [1.807, 2.05) is 13.8 Å². The van der Waals surface area contributed by atoms with E-state index in [9.17, 15) is 4.79 Å². The van der Waals surface area contributed by atoms with E-state index in [1.165, 1.54) is 0 Å². The highest BCUT2D eigenvalue weighted by atomic mass is 16.5. The van der Waals surface area contributed by atoms with Crippen LogP contribution in [-0.4, -0.2) is 23.7 Å². The van der Waals surface area contributed by atoms with Crippen LogP contribution in [0, 0.1) is 0 Å². The quantitative estimate of drug-likeness (QED) is 0.742. The van der Waals surface area contributed by atoms with Gasteiger partial charge < -0.3 is 15.2 Å². The first-order chi connectivity index (χ1) is 7.18. The Bertz CT molecular complexity index is 371. The van der Waals surface area contributed by atoms with E-state index >= 15 is 0 Å². The zero-order chi connectivity index (χ0) is 10.8. The average Bonchev–Trinajstić information content (AvgIpc) is 2.59. The fourth-order valence-corrected chi connectivity index (χ4v) is 1.65. The van der Waals surface area contributed by atoms with E-state index < -0.39 is 0 Å². The SMILES string of the molecule is CC(C)NC(=O)c1onc2c1CNCC2. The molecule has 0 fully saturated rings. The number of amides is 1. The van der Waals surface area contributed by atoms with Crippen molar-refractivity contribution in [3.63, 3.8) is 0 Å². The van der Waals surface area contributed by atoms with Crippen LogP contribution in [-0.2, 0) is 13.0 Å². The van der Waals surface area contributed by atoms with Crippen molar-refractivity contribution in [2.75, 3.05) is 6.54 Å². The van der Waals surface area contributed by atoms with Crippen LogP contribution < -0.4 is 10.6 Å². The Hall–Kier alpha value is -1.36. The van der Waals surface area contributed by atoms with E-state index in [2.05, 4.69) is 15.8 Å². The van der Waals surface area contributed by atoms with Gasteiger partial charge in [-0.2, -0.15) is 0 Å². The Kier molecular flexibility index (Phi) is 2.73. The molecule has 1 aromatic rings. The van der Waals surface area contributed by atoms with E-state index in [-0.39, 0.29) is 11.9 Å². The Morgan fingerprint density at radius 3 is 3.13 bits per heavy atom. The third-order valence-electron chi connectivity index (χ3n) is 2.34. The van der Waals surface area contributed by atoms with Crippen molar-refractivity contribution >= 4 is 5.91 Å². The molecular formula is C10H15N3O2.